The number of likely N-dealkylation sites (N-methyl/N-ethyl adjacent to an activating group) is 1. The third-order valence-electron chi connectivity index (χ3n) is 4.49. The number of hydrogen-bond donors (Lipinski definition) is 0. The van der Waals surface area contributed by atoms with Gasteiger partial charge in [-0.1, -0.05) is 18.2 Å². The first kappa shape index (κ1) is 12.8. The molecule has 0 saturated carbocycles. The van der Waals surface area contributed by atoms with Crippen molar-refractivity contribution in [1.29, 1.82) is 5.26 Å². The number of fused-ring (bicyclic) bond motifs is 4. The number of benzene rings is 2. The second-order valence-electron chi connectivity index (χ2n) is 5.52. The summed E-state index contributed by atoms with van der Waals surface area (Å²) in [5.74, 6) is -0.428. The van der Waals surface area contributed by atoms with Crippen LogP contribution in [-0.4, -0.2) is 19.6 Å². The fourth-order valence-electron chi connectivity index (χ4n) is 3.40. The predicted octanol–water partition coefficient (Wildman–Crippen LogP) is 2.35. The third kappa shape index (κ3) is 1.32. The van der Waals surface area contributed by atoms with E-state index in [4.69, 9.17) is 10.00 Å². The number of nitrogens with zero attached hydrogens (tertiary/aromatic N) is 2. The highest BCUT2D eigenvalue weighted by molar-refractivity contribution is 6.11. The maximum atomic E-state index is 13.8. The smallest absolute Gasteiger partial charge is 0.245 e. The molecule has 4 rings (SSSR count). The molecule has 1 atom stereocenters. The van der Waals surface area contributed by atoms with E-state index >= 15 is 0 Å². The average Bonchev–Trinajstić information content (AvgIpc) is 3.00. The summed E-state index contributed by atoms with van der Waals surface area (Å²) in [7, 11) is 1.71. The number of ether oxygens (including phenoxy) is 1. The Balaban J connectivity index is 2.04. The van der Waals surface area contributed by atoms with Crippen molar-refractivity contribution in [2.24, 2.45) is 0 Å². The number of anilines is 1. The zero-order chi connectivity index (χ0) is 15.5. The summed E-state index contributed by atoms with van der Waals surface area (Å²) in [6, 6.07) is 11.9. The number of rotatable bonds is 0. The van der Waals surface area contributed by atoms with E-state index in [9.17, 15) is 9.18 Å². The molecule has 1 amide bonds. The summed E-state index contributed by atoms with van der Waals surface area (Å²) in [5.41, 5.74) is 1.14. The molecule has 0 N–H and O–H groups in total. The van der Waals surface area contributed by atoms with Gasteiger partial charge in [-0.2, -0.15) is 5.26 Å². The zero-order valence-corrected chi connectivity index (χ0v) is 11.8. The van der Waals surface area contributed by atoms with Gasteiger partial charge in [0.2, 0.25) is 5.91 Å². The number of nitriles is 1. The van der Waals surface area contributed by atoms with Crippen LogP contribution in [0.2, 0.25) is 0 Å². The van der Waals surface area contributed by atoms with Crippen LogP contribution in [0, 0.1) is 17.1 Å². The summed E-state index contributed by atoms with van der Waals surface area (Å²) in [6.07, 6.45) is 0. The quantitative estimate of drug-likeness (QED) is 0.749. The van der Waals surface area contributed by atoms with Gasteiger partial charge in [-0.05, 0) is 17.7 Å². The van der Waals surface area contributed by atoms with Gasteiger partial charge >= 0.3 is 0 Å². The highest BCUT2D eigenvalue weighted by Gasteiger charge is 2.56. The molecular weight excluding hydrogens is 283 g/mol. The Hall–Kier alpha value is -2.87. The van der Waals surface area contributed by atoms with E-state index in [0.29, 0.717) is 11.3 Å². The zero-order valence-electron chi connectivity index (χ0n) is 11.8. The monoisotopic (exact) mass is 294 g/mol. The van der Waals surface area contributed by atoms with Crippen molar-refractivity contribution in [2.75, 3.05) is 18.6 Å². The number of amides is 1. The van der Waals surface area contributed by atoms with Gasteiger partial charge in [-0.15, -0.1) is 0 Å². The summed E-state index contributed by atoms with van der Waals surface area (Å²) in [4.78, 5) is 14.5. The molecule has 0 radical (unpaired) electrons. The second kappa shape index (κ2) is 4.08. The lowest BCUT2D eigenvalue weighted by atomic mass is 9.76. The number of carbonyl (C=O) groups is 1. The molecule has 0 aliphatic carbocycles. The van der Waals surface area contributed by atoms with E-state index in [1.807, 2.05) is 30.3 Å². The Labute approximate surface area is 126 Å². The van der Waals surface area contributed by atoms with Crippen LogP contribution >= 0.6 is 0 Å². The van der Waals surface area contributed by atoms with Crippen molar-refractivity contribution in [3.8, 4) is 11.8 Å². The van der Waals surface area contributed by atoms with Crippen LogP contribution in [0.25, 0.3) is 0 Å². The Kier molecular flexibility index (Phi) is 2.38. The van der Waals surface area contributed by atoms with Crippen molar-refractivity contribution < 1.29 is 13.9 Å². The molecule has 0 aromatic heterocycles. The van der Waals surface area contributed by atoms with Crippen molar-refractivity contribution in [1.82, 2.24) is 0 Å². The molecule has 2 aromatic carbocycles. The average molecular weight is 294 g/mol. The number of halogens is 1. The van der Waals surface area contributed by atoms with Crippen molar-refractivity contribution in [3.63, 3.8) is 0 Å². The SMILES string of the molecule is CN1C(=O)C2(COc3cc(F)c(C#N)cc32)c2ccccc21. The fourth-order valence-corrected chi connectivity index (χ4v) is 3.40. The van der Waals surface area contributed by atoms with Gasteiger partial charge in [-0.3, -0.25) is 4.79 Å². The minimum absolute atomic E-state index is 0.0801. The molecule has 2 aliphatic rings. The summed E-state index contributed by atoms with van der Waals surface area (Å²) >= 11 is 0. The lowest BCUT2D eigenvalue weighted by Gasteiger charge is -2.21. The number of hydrogen-bond acceptors (Lipinski definition) is 3. The maximum Gasteiger partial charge on any atom is 0.245 e. The maximum absolute atomic E-state index is 13.8. The summed E-state index contributed by atoms with van der Waals surface area (Å²) in [6.45, 7) is 0.122. The molecule has 1 unspecified atom stereocenters. The van der Waals surface area contributed by atoms with E-state index in [2.05, 4.69) is 0 Å². The Morgan fingerprint density at radius 1 is 1.32 bits per heavy atom. The molecule has 108 valence electrons. The van der Waals surface area contributed by atoms with Gasteiger partial charge in [-0.25, -0.2) is 4.39 Å². The third-order valence-corrected chi connectivity index (χ3v) is 4.49. The van der Waals surface area contributed by atoms with Gasteiger partial charge < -0.3 is 9.64 Å². The molecule has 2 heterocycles. The highest BCUT2D eigenvalue weighted by Crippen LogP contribution is 2.52. The Morgan fingerprint density at radius 2 is 2.09 bits per heavy atom. The van der Waals surface area contributed by atoms with Gasteiger partial charge in [0.1, 0.15) is 29.7 Å². The minimum atomic E-state index is -0.986. The van der Waals surface area contributed by atoms with Gasteiger partial charge in [0, 0.05) is 24.4 Å². The van der Waals surface area contributed by atoms with Gasteiger partial charge in [0.05, 0.1) is 5.56 Å². The van der Waals surface area contributed by atoms with E-state index in [0.717, 1.165) is 11.3 Å². The molecule has 0 fully saturated rings. The van der Waals surface area contributed by atoms with Crippen LogP contribution < -0.4 is 9.64 Å². The minimum Gasteiger partial charge on any atom is -0.491 e. The van der Waals surface area contributed by atoms with Crippen LogP contribution in [-0.2, 0) is 10.2 Å². The van der Waals surface area contributed by atoms with Gasteiger partial charge in [0.25, 0.3) is 0 Å². The fraction of sp³-hybridized carbons (Fsp3) is 0.176. The molecule has 2 aliphatic heterocycles. The largest absolute Gasteiger partial charge is 0.491 e. The normalized spacial score (nSPS) is 21.5. The highest BCUT2D eigenvalue weighted by atomic mass is 19.1. The van der Waals surface area contributed by atoms with E-state index in [1.165, 1.54) is 12.1 Å². The van der Waals surface area contributed by atoms with Crippen molar-refractivity contribution in [3.05, 3.63) is 58.9 Å². The molecular formula is C17H11FN2O2. The lowest BCUT2D eigenvalue weighted by molar-refractivity contribution is -0.121. The second-order valence-corrected chi connectivity index (χ2v) is 5.52. The van der Waals surface area contributed by atoms with Crippen LogP contribution in [0.15, 0.2) is 36.4 Å². The Bertz CT molecular complexity index is 871. The molecule has 0 saturated heterocycles. The van der Waals surface area contributed by atoms with E-state index in [-0.39, 0.29) is 18.1 Å². The van der Waals surface area contributed by atoms with Crippen LogP contribution in [0.1, 0.15) is 16.7 Å². The number of para-hydroxylation sites is 1. The van der Waals surface area contributed by atoms with Crippen LogP contribution in [0.4, 0.5) is 10.1 Å². The van der Waals surface area contributed by atoms with E-state index in [1.54, 1.807) is 11.9 Å². The molecule has 2 aromatic rings. The first-order chi connectivity index (χ1) is 10.6. The molecule has 4 nitrogen and oxygen atoms in total. The van der Waals surface area contributed by atoms with Crippen LogP contribution in [0.5, 0.6) is 5.75 Å². The van der Waals surface area contributed by atoms with Crippen molar-refractivity contribution in [2.45, 2.75) is 5.41 Å². The standard InChI is InChI=1S/C17H11FN2O2/c1-20-14-5-3-2-4-11(14)17(16(20)21)9-22-15-7-13(18)10(8-19)6-12(15)17/h2-7H,9H2,1H3. The first-order valence-corrected chi connectivity index (χ1v) is 6.84. The molecule has 0 bridgehead atoms. The Morgan fingerprint density at radius 3 is 2.86 bits per heavy atom. The molecule has 1 spiro atoms. The van der Waals surface area contributed by atoms with E-state index < -0.39 is 11.2 Å². The lowest BCUT2D eigenvalue weighted by Crippen LogP contribution is -2.41. The topological polar surface area (TPSA) is 53.3 Å². The molecule has 5 heteroatoms. The predicted molar refractivity (Wildman–Crippen MR) is 77.2 cm³/mol. The van der Waals surface area contributed by atoms with Crippen molar-refractivity contribution >= 4 is 11.6 Å². The van der Waals surface area contributed by atoms with Crippen LogP contribution in [0.3, 0.4) is 0 Å². The van der Waals surface area contributed by atoms with Gasteiger partial charge in [0.15, 0.2) is 0 Å². The molecule has 22 heavy (non-hydrogen) atoms. The first-order valence-electron chi connectivity index (χ1n) is 6.84. The summed E-state index contributed by atoms with van der Waals surface area (Å²) in [5, 5.41) is 9.07. The number of carbonyl (C=O) groups excluding carboxylic acids is 1. The summed E-state index contributed by atoms with van der Waals surface area (Å²) < 4.78 is 19.4.